The van der Waals surface area contributed by atoms with Gasteiger partial charge < -0.3 is 10.2 Å². The Labute approximate surface area is 254 Å². The monoisotopic (exact) mass is 604 g/mol. The van der Waals surface area contributed by atoms with Gasteiger partial charge in [0.15, 0.2) is 0 Å². The number of rotatable bonds is 8. The molecule has 2 aromatic carbocycles. The van der Waals surface area contributed by atoms with Gasteiger partial charge in [0.1, 0.15) is 11.4 Å². The lowest BCUT2D eigenvalue weighted by molar-refractivity contribution is -0.127. The molecule has 2 aliphatic carbocycles. The fraction of sp³-hybridized carbons (Fsp3) is 0.485. The van der Waals surface area contributed by atoms with Gasteiger partial charge in [0, 0.05) is 60.4 Å². The first kappa shape index (κ1) is 29.5. The van der Waals surface area contributed by atoms with E-state index in [1.54, 1.807) is 16.8 Å². The van der Waals surface area contributed by atoms with Crippen LogP contribution in [0.5, 0.6) is 0 Å². The molecule has 3 aromatic rings. The minimum atomic E-state index is -2.29. The predicted octanol–water partition coefficient (Wildman–Crippen LogP) is 4.83. The van der Waals surface area contributed by atoms with E-state index < -0.39 is 15.7 Å². The molecule has 10 heteroatoms. The highest BCUT2D eigenvalue weighted by molar-refractivity contribution is 8.00. The summed E-state index contributed by atoms with van der Waals surface area (Å²) < 4.78 is 30.8. The van der Waals surface area contributed by atoms with Crippen LogP contribution in [-0.4, -0.2) is 67.9 Å². The average molecular weight is 605 g/mol. The zero-order valence-corrected chi connectivity index (χ0v) is 25.9. The molecule has 2 atom stereocenters. The summed E-state index contributed by atoms with van der Waals surface area (Å²) in [5, 5.41) is 17.7. The minimum absolute atomic E-state index is 0.0579. The Bertz CT molecular complexity index is 1550. The molecule has 2 heterocycles. The number of benzene rings is 2. The first-order valence-corrected chi connectivity index (χ1v) is 17.5. The van der Waals surface area contributed by atoms with E-state index in [9.17, 15) is 18.7 Å². The van der Waals surface area contributed by atoms with Crippen LogP contribution in [0.3, 0.4) is 0 Å². The minimum Gasteiger partial charge on any atom is -0.370 e. The Kier molecular flexibility index (Phi) is 8.14. The summed E-state index contributed by atoms with van der Waals surface area (Å²) in [6.45, 7) is 4.37. The lowest BCUT2D eigenvalue weighted by Gasteiger charge is -2.41. The van der Waals surface area contributed by atoms with Crippen molar-refractivity contribution in [3.63, 3.8) is 0 Å². The van der Waals surface area contributed by atoms with Crippen molar-refractivity contribution in [3.05, 3.63) is 66.2 Å². The number of hydrogen-bond donors (Lipinski definition) is 2. The smallest absolute Gasteiger partial charge is 0.225 e. The van der Waals surface area contributed by atoms with E-state index >= 15 is 0 Å². The lowest BCUT2D eigenvalue weighted by Crippen LogP contribution is -2.50. The van der Waals surface area contributed by atoms with Crippen LogP contribution in [0.2, 0.25) is 0 Å². The number of nitrogens with one attached hydrogen (secondary N) is 1. The maximum atomic E-state index is 13.7. The molecule has 1 aromatic heterocycles. The molecular formula is C33H41FN6O2S. The second kappa shape index (κ2) is 11.9. The number of nitrogens with zero attached hydrogens (tertiary/aromatic N) is 5. The van der Waals surface area contributed by atoms with Crippen LogP contribution in [0.25, 0.3) is 16.8 Å². The molecule has 0 spiro atoms. The van der Waals surface area contributed by atoms with Crippen LogP contribution in [-0.2, 0) is 14.9 Å². The first-order chi connectivity index (χ1) is 20.7. The number of hydrogen-bond acceptors (Lipinski definition) is 5. The zero-order chi connectivity index (χ0) is 30.2. The summed E-state index contributed by atoms with van der Waals surface area (Å²) >= 11 is 0. The molecule has 43 heavy (non-hydrogen) atoms. The summed E-state index contributed by atoms with van der Waals surface area (Å²) in [7, 11) is -0.330. The number of halogens is 1. The standard InChI is InChI=1S/C33H41FN6O2S/c1-3-38(2)43(42)20-18-39(19-21-43)26-12-8-24(9-13-26)30-22-40(27-14-10-25(34)11-15-27)37-31(30)28-6-4-5-7-29(28)32(41)36-33(23-35)16-17-33/h8-15,22,28-29,43H,3-7,16-21H2,1-2H3,(H,36,41)/t28-,29-/m1/s1. The van der Waals surface area contributed by atoms with Crippen LogP contribution < -0.4 is 10.2 Å². The summed E-state index contributed by atoms with van der Waals surface area (Å²) in [5.41, 5.74) is 3.96. The maximum absolute atomic E-state index is 13.7. The maximum Gasteiger partial charge on any atom is 0.225 e. The molecule has 0 unspecified atom stereocenters. The Balaban J connectivity index is 1.30. The molecule has 1 saturated heterocycles. The van der Waals surface area contributed by atoms with Gasteiger partial charge >= 0.3 is 0 Å². The molecule has 6 rings (SSSR count). The lowest BCUT2D eigenvalue weighted by atomic mass is 9.75. The third-order valence-electron chi connectivity index (χ3n) is 9.68. The van der Waals surface area contributed by atoms with E-state index in [4.69, 9.17) is 5.10 Å². The molecular weight excluding hydrogens is 563 g/mol. The van der Waals surface area contributed by atoms with E-state index in [0.717, 1.165) is 73.5 Å². The topological polar surface area (TPSA) is 94.3 Å². The highest BCUT2D eigenvalue weighted by Gasteiger charge is 2.47. The van der Waals surface area contributed by atoms with Gasteiger partial charge in [-0.3, -0.25) is 9.00 Å². The fourth-order valence-electron chi connectivity index (χ4n) is 6.59. The van der Waals surface area contributed by atoms with Gasteiger partial charge in [-0.25, -0.2) is 13.4 Å². The number of nitriles is 1. The largest absolute Gasteiger partial charge is 0.370 e. The van der Waals surface area contributed by atoms with Crippen molar-refractivity contribution < 1.29 is 13.4 Å². The van der Waals surface area contributed by atoms with Crippen molar-refractivity contribution in [3.8, 4) is 22.9 Å². The summed E-state index contributed by atoms with van der Waals surface area (Å²) in [4.78, 5) is 15.8. The van der Waals surface area contributed by atoms with E-state index in [-0.39, 0.29) is 23.6 Å². The predicted molar refractivity (Wildman–Crippen MR) is 169 cm³/mol. The summed E-state index contributed by atoms with van der Waals surface area (Å²) in [6, 6.07) is 17.0. The second-order valence-electron chi connectivity index (χ2n) is 12.3. The van der Waals surface area contributed by atoms with Crippen LogP contribution >= 0.6 is 0 Å². The number of anilines is 1. The van der Waals surface area contributed by atoms with E-state index in [1.165, 1.54) is 12.1 Å². The number of amides is 1. The van der Waals surface area contributed by atoms with Gasteiger partial charge in [-0.2, -0.15) is 10.4 Å². The van der Waals surface area contributed by atoms with Crippen molar-refractivity contribution in [1.29, 1.82) is 5.26 Å². The van der Waals surface area contributed by atoms with Crippen molar-refractivity contribution in [2.45, 2.75) is 56.9 Å². The number of aromatic nitrogens is 2. The van der Waals surface area contributed by atoms with Crippen molar-refractivity contribution in [2.24, 2.45) is 5.92 Å². The molecule has 1 aliphatic heterocycles. The van der Waals surface area contributed by atoms with E-state index in [2.05, 4.69) is 47.5 Å². The molecule has 3 fully saturated rings. The Morgan fingerprint density at radius 3 is 2.37 bits per heavy atom. The van der Waals surface area contributed by atoms with Crippen molar-refractivity contribution >= 4 is 21.7 Å². The van der Waals surface area contributed by atoms with Gasteiger partial charge in [0.25, 0.3) is 0 Å². The summed E-state index contributed by atoms with van der Waals surface area (Å²) in [5.74, 6) is 0.652. The first-order valence-electron chi connectivity index (χ1n) is 15.5. The highest BCUT2D eigenvalue weighted by Crippen LogP contribution is 2.43. The molecule has 228 valence electrons. The Morgan fingerprint density at radius 2 is 1.74 bits per heavy atom. The van der Waals surface area contributed by atoms with E-state index in [1.807, 2.05) is 17.5 Å². The molecule has 1 N–H and O–H groups in total. The molecule has 8 nitrogen and oxygen atoms in total. The van der Waals surface area contributed by atoms with Crippen LogP contribution in [0, 0.1) is 23.1 Å². The van der Waals surface area contributed by atoms with Crippen molar-refractivity contribution in [1.82, 2.24) is 19.4 Å². The average Bonchev–Trinajstić information content (AvgIpc) is 3.68. The number of thiol groups is 1. The number of carbonyl (C=O) groups is 1. The number of carbonyl (C=O) groups excluding carboxylic acids is 1. The Hall–Kier alpha value is -3.55. The summed E-state index contributed by atoms with van der Waals surface area (Å²) in [6.07, 6.45) is 6.95. The molecule has 1 amide bonds. The highest BCUT2D eigenvalue weighted by atomic mass is 32.3. The van der Waals surface area contributed by atoms with Crippen molar-refractivity contribution in [2.75, 3.05) is 43.1 Å². The quantitative estimate of drug-likeness (QED) is 0.360. The normalized spacial score (nSPS) is 23.4. The third-order valence-corrected chi connectivity index (χ3v) is 13.0. The van der Waals surface area contributed by atoms with Gasteiger partial charge in [-0.05, 0) is 74.7 Å². The molecule has 2 saturated carbocycles. The van der Waals surface area contributed by atoms with Gasteiger partial charge in [0.2, 0.25) is 5.91 Å². The zero-order valence-electron chi connectivity index (χ0n) is 25.0. The SMILES string of the molecule is CCN(C)[SH]1(=O)CCN(c2ccc(-c3cn(-c4ccc(F)cc4)nc3[C@@H]3CCCC[C@H]3C(=O)NC3(C#N)CC3)cc2)CC1. The molecule has 0 bridgehead atoms. The van der Waals surface area contributed by atoms with E-state index in [0.29, 0.717) is 24.3 Å². The van der Waals surface area contributed by atoms with Crippen LogP contribution in [0.4, 0.5) is 10.1 Å². The Morgan fingerprint density at radius 1 is 1.09 bits per heavy atom. The van der Waals surface area contributed by atoms with Gasteiger partial charge in [-0.1, -0.05) is 42.0 Å². The fourth-order valence-corrected chi connectivity index (χ4v) is 9.12. The second-order valence-corrected chi connectivity index (χ2v) is 15.6. The molecule has 3 aliphatic rings. The van der Waals surface area contributed by atoms with Gasteiger partial charge in [-0.15, -0.1) is 0 Å². The molecule has 0 radical (unpaired) electrons. The van der Waals surface area contributed by atoms with Crippen LogP contribution in [0.15, 0.2) is 54.7 Å². The van der Waals surface area contributed by atoms with Gasteiger partial charge in [0.05, 0.1) is 17.5 Å². The third kappa shape index (κ3) is 5.98. The van der Waals surface area contributed by atoms with Crippen LogP contribution in [0.1, 0.15) is 57.1 Å².